The van der Waals surface area contributed by atoms with E-state index in [0.717, 1.165) is 17.3 Å². The number of allylic oxidation sites excluding steroid dienone is 1. The third-order valence-corrected chi connectivity index (χ3v) is 6.50. The number of ether oxygens (including phenoxy) is 4. The lowest BCUT2D eigenvalue weighted by molar-refractivity contribution is -0.211. The fourth-order valence-corrected chi connectivity index (χ4v) is 5.12. The second kappa shape index (κ2) is 13.2. The first-order valence-corrected chi connectivity index (χ1v) is 12.6. The van der Waals surface area contributed by atoms with Crippen molar-refractivity contribution in [2.45, 2.75) is 69.2 Å². The molecule has 1 aliphatic heterocycles. The van der Waals surface area contributed by atoms with Crippen LogP contribution in [0.3, 0.4) is 0 Å². The quantitative estimate of drug-likeness (QED) is 0.264. The van der Waals surface area contributed by atoms with Crippen molar-refractivity contribution in [1.82, 2.24) is 20.1 Å². The maximum Gasteiger partial charge on any atom is 0.303 e. The van der Waals surface area contributed by atoms with Crippen LogP contribution < -0.4 is 5.32 Å². The van der Waals surface area contributed by atoms with Gasteiger partial charge in [-0.3, -0.25) is 23.7 Å². The van der Waals surface area contributed by atoms with Crippen LogP contribution in [0.15, 0.2) is 48.1 Å². The Morgan fingerprint density at radius 3 is 2.26 bits per heavy atom. The van der Waals surface area contributed by atoms with E-state index in [2.05, 4.69) is 22.1 Å². The molecule has 0 bridgehead atoms. The van der Waals surface area contributed by atoms with Crippen LogP contribution in [0.1, 0.15) is 27.7 Å². The van der Waals surface area contributed by atoms with Gasteiger partial charge in [-0.15, -0.1) is 16.8 Å². The highest BCUT2D eigenvalue weighted by Gasteiger charge is 2.51. The van der Waals surface area contributed by atoms with Crippen LogP contribution in [0.4, 0.5) is 0 Å². The van der Waals surface area contributed by atoms with Crippen molar-refractivity contribution in [2.75, 3.05) is 6.61 Å². The zero-order valence-corrected chi connectivity index (χ0v) is 22.3. The first-order valence-electron chi connectivity index (χ1n) is 11.8. The highest BCUT2D eigenvalue weighted by molar-refractivity contribution is 7.99. The molecule has 1 N–H and O–H groups in total. The van der Waals surface area contributed by atoms with E-state index >= 15 is 0 Å². The minimum atomic E-state index is -1.17. The van der Waals surface area contributed by atoms with Crippen molar-refractivity contribution < 1.29 is 38.1 Å². The Kier molecular flexibility index (Phi) is 10.0. The second-order valence-electron chi connectivity index (χ2n) is 8.41. The molecule has 0 unspecified atom stereocenters. The van der Waals surface area contributed by atoms with Crippen LogP contribution in [0.25, 0.3) is 11.4 Å². The molecule has 12 nitrogen and oxygen atoms in total. The van der Waals surface area contributed by atoms with Gasteiger partial charge in [0.25, 0.3) is 0 Å². The van der Waals surface area contributed by atoms with Crippen LogP contribution in [0.5, 0.6) is 0 Å². The number of aromatic nitrogens is 3. The number of amides is 1. The van der Waals surface area contributed by atoms with E-state index in [0.29, 0.717) is 17.5 Å². The molecule has 0 radical (unpaired) electrons. The molecule has 204 valence electrons. The molecule has 13 heteroatoms. The van der Waals surface area contributed by atoms with Gasteiger partial charge in [0, 0.05) is 39.8 Å². The van der Waals surface area contributed by atoms with Gasteiger partial charge in [-0.05, 0) is 0 Å². The SMILES string of the molecule is C=CCn1c(S[C@@H]2O[C@H](COC(C)=O)[C@H](OC(C)=O)[C@H](OC(C)=O)[C@H]2NC(C)=O)nnc1-c1ccccc1. The Morgan fingerprint density at radius 1 is 1.03 bits per heavy atom. The predicted molar refractivity (Wildman–Crippen MR) is 136 cm³/mol. The van der Waals surface area contributed by atoms with E-state index in [1.54, 1.807) is 6.08 Å². The standard InChI is InChI=1S/C25H30N4O8S/c1-6-12-29-23(18-10-8-7-9-11-18)27-28-25(29)38-24-20(26-14(2)30)22(36-17(5)33)21(35-16(4)32)19(37-24)13-34-15(3)31/h6-11,19-22,24H,1,12-13H2,2-5H3,(H,26,30)/t19-,20-,21+,22-,24+/m1/s1. The third kappa shape index (κ3) is 7.42. The summed E-state index contributed by atoms with van der Waals surface area (Å²) in [6.07, 6.45) is -1.65. The number of esters is 3. The number of thioether (sulfide) groups is 1. The number of carbonyl (C=O) groups excluding carboxylic acids is 4. The van der Waals surface area contributed by atoms with Gasteiger partial charge >= 0.3 is 17.9 Å². The van der Waals surface area contributed by atoms with Gasteiger partial charge in [0.2, 0.25) is 5.91 Å². The van der Waals surface area contributed by atoms with Crippen molar-refractivity contribution in [2.24, 2.45) is 0 Å². The van der Waals surface area contributed by atoms with Crippen LogP contribution in [0, 0.1) is 0 Å². The van der Waals surface area contributed by atoms with Crippen molar-refractivity contribution in [3.8, 4) is 11.4 Å². The van der Waals surface area contributed by atoms with Gasteiger partial charge in [0.15, 0.2) is 23.2 Å². The average Bonchev–Trinajstić information content (AvgIpc) is 3.23. The zero-order chi connectivity index (χ0) is 27.8. The summed E-state index contributed by atoms with van der Waals surface area (Å²) in [6.45, 7) is 8.81. The summed E-state index contributed by atoms with van der Waals surface area (Å²) in [5, 5.41) is 11.8. The molecule has 2 aromatic rings. The Morgan fingerprint density at radius 2 is 1.68 bits per heavy atom. The maximum absolute atomic E-state index is 12.2. The lowest BCUT2D eigenvalue weighted by Crippen LogP contribution is -2.65. The first-order chi connectivity index (χ1) is 18.1. The molecule has 1 amide bonds. The molecule has 2 heterocycles. The van der Waals surface area contributed by atoms with Crippen LogP contribution >= 0.6 is 11.8 Å². The van der Waals surface area contributed by atoms with Crippen molar-refractivity contribution in [3.63, 3.8) is 0 Å². The minimum absolute atomic E-state index is 0.288. The summed E-state index contributed by atoms with van der Waals surface area (Å²) in [5.74, 6) is -1.76. The molecule has 1 aliphatic rings. The van der Waals surface area contributed by atoms with E-state index in [1.807, 2.05) is 34.9 Å². The largest absolute Gasteiger partial charge is 0.463 e. The number of hydrogen-bond donors (Lipinski definition) is 1. The van der Waals surface area contributed by atoms with E-state index in [1.165, 1.54) is 27.7 Å². The van der Waals surface area contributed by atoms with Gasteiger partial charge in [-0.25, -0.2) is 0 Å². The Bertz CT molecular complexity index is 1170. The van der Waals surface area contributed by atoms with Crippen molar-refractivity contribution in [1.29, 1.82) is 0 Å². The molecular formula is C25H30N4O8S. The van der Waals surface area contributed by atoms with Gasteiger partial charge < -0.3 is 24.3 Å². The van der Waals surface area contributed by atoms with Gasteiger partial charge in [0.1, 0.15) is 24.2 Å². The second-order valence-corrected chi connectivity index (χ2v) is 9.47. The lowest BCUT2D eigenvalue weighted by Gasteiger charge is -2.44. The van der Waals surface area contributed by atoms with Crippen molar-refractivity contribution >= 4 is 35.6 Å². The summed E-state index contributed by atoms with van der Waals surface area (Å²) >= 11 is 1.12. The number of benzene rings is 1. The molecule has 38 heavy (non-hydrogen) atoms. The highest BCUT2D eigenvalue weighted by atomic mass is 32.2. The van der Waals surface area contributed by atoms with E-state index in [4.69, 9.17) is 18.9 Å². The number of nitrogens with one attached hydrogen (secondary N) is 1. The molecule has 3 rings (SSSR count). The van der Waals surface area contributed by atoms with Gasteiger partial charge in [0.05, 0.1) is 0 Å². The molecule has 0 aliphatic carbocycles. The third-order valence-electron chi connectivity index (χ3n) is 5.35. The fraction of sp³-hybridized carbons (Fsp3) is 0.440. The Labute approximate surface area is 224 Å². The molecule has 0 saturated carbocycles. The number of carbonyl (C=O) groups is 4. The minimum Gasteiger partial charge on any atom is -0.463 e. The average molecular weight is 547 g/mol. The molecule has 1 fully saturated rings. The molecule has 0 spiro atoms. The summed E-state index contributed by atoms with van der Waals surface area (Å²) in [4.78, 5) is 47.7. The molecule has 1 aromatic heterocycles. The van der Waals surface area contributed by atoms with E-state index in [9.17, 15) is 19.2 Å². The summed E-state index contributed by atoms with van der Waals surface area (Å²) in [5.41, 5.74) is -0.0795. The predicted octanol–water partition coefficient (Wildman–Crippen LogP) is 1.88. The van der Waals surface area contributed by atoms with Crippen LogP contribution in [-0.2, 0) is 44.7 Å². The maximum atomic E-state index is 12.2. The fourth-order valence-electron chi connectivity index (χ4n) is 3.97. The van der Waals surface area contributed by atoms with Gasteiger partial charge in [-0.2, -0.15) is 0 Å². The molecule has 1 aromatic carbocycles. The molecule has 5 atom stereocenters. The Balaban J connectivity index is 2.04. The normalized spacial score (nSPS) is 22.7. The topological polar surface area (TPSA) is 148 Å². The number of rotatable bonds is 10. The highest BCUT2D eigenvalue weighted by Crippen LogP contribution is 2.36. The number of hydrogen-bond acceptors (Lipinski definition) is 11. The summed E-state index contributed by atoms with van der Waals surface area (Å²) in [7, 11) is 0. The van der Waals surface area contributed by atoms with E-state index in [-0.39, 0.29) is 6.61 Å². The molecular weight excluding hydrogens is 516 g/mol. The van der Waals surface area contributed by atoms with Crippen molar-refractivity contribution in [3.05, 3.63) is 43.0 Å². The summed E-state index contributed by atoms with van der Waals surface area (Å²) < 4.78 is 24.2. The Hall–Kier alpha value is -3.71. The first kappa shape index (κ1) is 28.9. The monoisotopic (exact) mass is 546 g/mol. The smallest absolute Gasteiger partial charge is 0.303 e. The van der Waals surface area contributed by atoms with Crippen LogP contribution in [0.2, 0.25) is 0 Å². The zero-order valence-electron chi connectivity index (χ0n) is 21.5. The van der Waals surface area contributed by atoms with E-state index < -0.39 is 53.6 Å². The van der Waals surface area contributed by atoms with Gasteiger partial charge in [-0.1, -0.05) is 48.2 Å². The molecule has 1 saturated heterocycles. The van der Waals surface area contributed by atoms with Crippen LogP contribution in [-0.4, -0.2) is 75.0 Å². The lowest BCUT2D eigenvalue weighted by atomic mass is 9.97. The summed E-state index contributed by atoms with van der Waals surface area (Å²) in [6, 6.07) is 8.47. The number of nitrogens with zero attached hydrogens (tertiary/aromatic N) is 3.